The second kappa shape index (κ2) is 18.1. The molecule has 2 aromatic heterocycles. The van der Waals surface area contributed by atoms with Gasteiger partial charge in [0.2, 0.25) is 16.9 Å². The van der Waals surface area contributed by atoms with Crippen molar-refractivity contribution in [1.29, 1.82) is 0 Å². The maximum absolute atomic E-state index is 12.6. The lowest BCUT2D eigenvalue weighted by molar-refractivity contribution is -0.137. The Kier molecular flexibility index (Phi) is 15.2. The van der Waals surface area contributed by atoms with E-state index in [4.69, 9.17) is 19.5 Å². The molecule has 0 aromatic carbocycles. The van der Waals surface area contributed by atoms with Gasteiger partial charge in [-0.3, -0.25) is 32.5 Å². The van der Waals surface area contributed by atoms with Gasteiger partial charge in [-0.25, -0.2) is 28.6 Å². The fourth-order valence-corrected chi connectivity index (χ4v) is 7.69. The minimum atomic E-state index is -5.56. The molecule has 0 saturated carbocycles. The number of nitrogens with one attached hydrogen (secondary N) is 2. The normalized spacial score (nSPS) is 22.3. The molecule has 0 radical (unpaired) electrons. The fraction of sp³-hybridized carbons (Fsp3) is 0.583. The van der Waals surface area contributed by atoms with Crippen LogP contribution in [0.5, 0.6) is 0 Å². The topological polar surface area (TPSA) is 364 Å². The van der Waals surface area contributed by atoms with E-state index in [1.54, 1.807) is 0 Å². The monoisotopic (exact) mass is 821 g/mol. The lowest BCUT2D eigenvalue weighted by Gasteiger charge is -2.30. The number of aliphatic hydroxyl groups is 2. The van der Waals surface area contributed by atoms with Gasteiger partial charge in [-0.05, 0) is 6.08 Å². The SMILES string of the molecule is C=CC(=O)SCCNC(=O)CCNC(=O)C(O)C(C)(C)COP(=O)(O)OP(=O)(O)OC[C@H]1O[C@@H](n2cnc3c(N)ncnc32)[C@H](O)[C@@H]1OP(=O)(O)O. The molecule has 3 unspecified atom stereocenters. The van der Waals surface area contributed by atoms with Gasteiger partial charge in [-0.2, -0.15) is 4.31 Å². The van der Waals surface area contributed by atoms with E-state index in [2.05, 4.69) is 41.0 Å². The molecule has 1 saturated heterocycles. The number of fused-ring (bicyclic) bond motifs is 1. The molecule has 0 aliphatic carbocycles. The summed E-state index contributed by atoms with van der Waals surface area (Å²) in [5.74, 6) is -1.18. The Labute approximate surface area is 298 Å². The molecule has 28 heteroatoms. The van der Waals surface area contributed by atoms with Crippen LogP contribution in [0.3, 0.4) is 0 Å². The number of anilines is 1. The number of amides is 2. The highest BCUT2D eigenvalue weighted by Crippen LogP contribution is 2.61. The Hall–Kier alpha value is -2.70. The van der Waals surface area contributed by atoms with Gasteiger partial charge < -0.3 is 50.9 Å². The highest BCUT2D eigenvalue weighted by Gasteiger charge is 2.50. The first-order valence-electron chi connectivity index (χ1n) is 14.7. The Morgan fingerprint density at radius 1 is 1.12 bits per heavy atom. The predicted octanol–water partition coefficient (Wildman–Crippen LogP) is -1.15. The Morgan fingerprint density at radius 3 is 2.44 bits per heavy atom. The molecule has 292 valence electrons. The number of hydrogen-bond acceptors (Lipinski definition) is 18. The first kappa shape index (κ1) is 43.7. The molecule has 52 heavy (non-hydrogen) atoms. The number of thioether (sulfide) groups is 1. The zero-order valence-electron chi connectivity index (χ0n) is 27.4. The number of phosphoric ester groups is 3. The van der Waals surface area contributed by atoms with Crippen molar-refractivity contribution >= 4 is 69.1 Å². The van der Waals surface area contributed by atoms with Crippen LogP contribution in [-0.2, 0) is 50.7 Å². The van der Waals surface area contributed by atoms with Gasteiger partial charge >= 0.3 is 23.5 Å². The molecule has 3 rings (SSSR count). The van der Waals surface area contributed by atoms with Gasteiger partial charge in [-0.1, -0.05) is 32.2 Å². The summed E-state index contributed by atoms with van der Waals surface area (Å²) in [5, 5.41) is 25.9. The molecular weight excluding hydrogens is 783 g/mol. The molecule has 1 fully saturated rings. The average molecular weight is 822 g/mol. The number of hydrogen-bond donors (Lipinski definition) is 9. The minimum absolute atomic E-state index is 0.0290. The lowest BCUT2D eigenvalue weighted by Crippen LogP contribution is -2.46. The van der Waals surface area contributed by atoms with Gasteiger partial charge in [0.15, 0.2) is 17.7 Å². The number of aliphatic hydroxyl groups excluding tert-OH is 2. The van der Waals surface area contributed by atoms with Crippen LogP contribution in [-0.4, -0.2) is 123 Å². The van der Waals surface area contributed by atoms with E-state index in [0.717, 1.165) is 35.1 Å². The van der Waals surface area contributed by atoms with Gasteiger partial charge in [0, 0.05) is 30.7 Å². The lowest BCUT2D eigenvalue weighted by atomic mass is 9.87. The molecular formula is C24H38N7O17P3S. The van der Waals surface area contributed by atoms with Crippen molar-refractivity contribution in [3.8, 4) is 0 Å². The minimum Gasteiger partial charge on any atom is -0.386 e. The number of nitrogens with two attached hydrogens (primary N) is 1. The van der Waals surface area contributed by atoms with Crippen LogP contribution in [0.25, 0.3) is 11.2 Å². The molecule has 2 amide bonds. The second-order valence-corrected chi connectivity index (χ2v) is 16.8. The van der Waals surface area contributed by atoms with Gasteiger partial charge in [-0.15, -0.1) is 0 Å². The Morgan fingerprint density at radius 2 is 1.79 bits per heavy atom. The summed E-state index contributed by atoms with van der Waals surface area (Å²) >= 11 is 0.952. The number of phosphoric acid groups is 3. The molecule has 2 aromatic rings. The van der Waals surface area contributed by atoms with Crippen LogP contribution < -0.4 is 16.4 Å². The number of rotatable bonds is 20. The maximum Gasteiger partial charge on any atom is 0.481 e. The van der Waals surface area contributed by atoms with Crippen molar-refractivity contribution in [3.63, 3.8) is 0 Å². The summed E-state index contributed by atoms with van der Waals surface area (Å²) in [7, 11) is -16.4. The molecule has 0 spiro atoms. The van der Waals surface area contributed by atoms with E-state index in [1.165, 1.54) is 13.8 Å². The van der Waals surface area contributed by atoms with Crippen molar-refractivity contribution in [3.05, 3.63) is 25.3 Å². The molecule has 7 atom stereocenters. The Bertz CT molecular complexity index is 1760. The Balaban J connectivity index is 1.54. The van der Waals surface area contributed by atoms with Crippen LogP contribution in [0.1, 0.15) is 26.5 Å². The zero-order chi connectivity index (χ0) is 39.1. The van der Waals surface area contributed by atoms with Crippen LogP contribution in [0.2, 0.25) is 0 Å². The van der Waals surface area contributed by atoms with E-state index in [0.29, 0.717) is 5.75 Å². The van der Waals surface area contributed by atoms with Crippen LogP contribution >= 0.6 is 35.2 Å². The first-order chi connectivity index (χ1) is 24.1. The van der Waals surface area contributed by atoms with E-state index < -0.39 is 84.6 Å². The number of carbonyl (C=O) groups excluding carboxylic acids is 3. The van der Waals surface area contributed by atoms with Crippen LogP contribution in [0, 0.1) is 5.41 Å². The van der Waals surface area contributed by atoms with Gasteiger partial charge in [0.1, 0.15) is 36.3 Å². The maximum atomic E-state index is 12.6. The van der Waals surface area contributed by atoms with Crippen molar-refractivity contribution in [2.45, 2.75) is 50.9 Å². The third-order valence-corrected chi connectivity index (χ3v) is 10.9. The summed E-state index contributed by atoms with van der Waals surface area (Å²) in [5.41, 5.74) is 4.25. The number of carbonyl (C=O) groups is 3. The summed E-state index contributed by atoms with van der Waals surface area (Å²) in [6.45, 7) is 3.77. The number of nitrogens with zero attached hydrogens (tertiary/aromatic N) is 4. The smallest absolute Gasteiger partial charge is 0.386 e. The van der Waals surface area contributed by atoms with E-state index >= 15 is 0 Å². The third kappa shape index (κ3) is 12.7. The van der Waals surface area contributed by atoms with E-state index in [-0.39, 0.29) is 41.6 Å². The number of aromatic nitrogens is 4. The highest BCUT2D eigenvalue weighted by molar-refractivity contribution is 8.14. The standard InChI is InChI=1S/C24H38N7O17P3S/c1-4-15(33)52-8-7-26-14(32)5-6-27-22(36)19(35)24(2,3)10-45-51(42,43)48-50(40,41)44-9-13-18(47-49(37,38)39)17(34)23(46-13)31-12-30-16-20(25)28-11-29-21(16)31/h4,11-13,17-19,23,34-35H,1,5-10H2,2-3H3,(H,26,32)(H,27,36)(H,40,41)(H,42,43)(H2,25,28,29)(H2,37,38,39)/t13-,17-,18-,19?,23-/m1/s1. The molecule has 1 aliphatic rings. The highest BCUT2D eigenvalue weighted by atomic mass is 32.2. The largest absolute Gasteiger partial charge is 0.481 e. The summed E-state index contributed by atoms with van der Waals surface area (Å²) in [6, 6.07) is 0. The first-order valence-corrected chi connectivity index (χ1v) is 20.2. The molecule has 10 N–H and O–H groups in total. The molecule has 3 heterocycles. The second-order valence-electron chi connectivity index (χ2n) is 11.4. The van der Waals surface area contributed by atoms with E-state index in [9.17, 15) is 57.9 Å². The molecule has 1 aliphatic heterocycles. The van der Waals surface area contributed by atoms with Gasteiger partial charge in [0.25, 0.3) is 0 Å². The summed E-state index contributed by atoms with van der Waals surface area (Å²) in [6.07, 6.45) is -5.79. The number of ether oxygens (including phenoxy) is 1. The summed E-state index contributed by atoms with van der Waals surface area (Å²) < 4.78 is 61.9. The van der Waals surface area contributed by atoms with Crippen molar-refractivity contribution in [2.75, 3.05) is 37.8 Å². The molecule has 24 nitrogen and oxygen atoms in total. The van der Waals surface area contributed by atoms with Crippen LogP contribution in [0.15, 0.2) is 25.3 Å². The summed E-state index contributed by atoms with van der Waals surface area (Å²) in [4.78, 5) is 86.3. The predicted molar refractivity (Wildman–Crippen MR) is 177 cm³/mol. The van der Waals surface area contributed by atoms with Crippen molar-refractivity contribution < 1.29 is 80.5 Å². The quantitative estimate of drug-likeness (QED) is 0.0432. The van der Waals surface area contributed by atoms with Gasteiger partial charge in [0.05, 0.1) is 19.5 Å². The van der Waals surface area contributed by atoms with Crippen molar-refractivity contribution in [2.24, 2.45) is 5.41 Å². The third-order valence-electron chi connectivity index (χ3n) is 6.91. The molecule has 0 bridgehead atoms. The number of nitrogen functional groups attached to an aromatic ring is 1. The fourth-order valence-electron chi connectivity index (χ4n) is 4.34. The zero-order valence-corrected chi connectivity index (χ0v) is 30.9. The van der Waals surface area contributed by atoms with Crippen LogP contribution in [0.4, 0.5) is 5.82 Å². The number of imidazole rings is 1. The van der Waals surface area contributed by atoms with Crippen molar-refractivity contribution in [1.82, 2.24) is 30.2 Å². The average Bonchev–Trinajstić information content (AvgIpc) is 3.60. The van der Waals surface area contributed by atoms with E-state index in [1.807, 2.05) is 0 Å².